The van der Waals surface area contributed by atoms with Crippen LogP contribution in [0.4, 0.5) is 10.8 Å². The zero-order valence-corrected chi connectivity index (χ0v) is 12.9. The van der Waals surface area contributed by atoms with Crippen molar-refractivity contribution in [3.63, 3.8) is 0 Å². The van der Waals surface area contributed by atoms with E-state index in [0.717, 1.165) is 29.1 Å². The van der Waals surface area contributed by atoms with Gasteiger partial charge in [0.25, 0.3) is 0 Å². The quantitative estimate of drug-likeness (QED) is 0.735. The number of carbonyl (C=O) groups excluding carboxylic acids is 1. The van der Waals surface area contributed by atoms with Crippen molar-refractivity contribution in [1.29, 1.82) is 0 Å². The number of rotatable bonds is 7. The van der Waals surface area contributed by atoms with E-state index in [-0.39, 0.29) is 5.91 Å². The monoisotopic (exact) mass is 304 g/mol. The van der Waals surface area contributed by atoms with Gasteiger partial charge in [0.1, 0.15) is 10.8 Å². The SMILES string of the molecule is CCCNC(=O)CCNc1snc(N)c1-c1ccccc1. The molecule has 0 saturated carbocycles. The molecule has 1 aromatic carbocycles. The van der Waals surface area contributed by atoms with Crippen LogP contribution in [0, 0.1) is 0 Å². The molecule has 0 saturated heterocycles. The number of nitrogens with one attached hydrogen (secondary N) is 2. The lowest BCUT2D eigenvalue weighted by Crippen LogP contribution is -2.25. The molecule has 21 heavy (non-hydrogen) atoms. The van der Waals surface area contributed by atoms with Crippen molar-refractivity contribution >= 4 is 28.3 Å². The van der Waals surface area contributed by atoms with E-state index in [2.05, 4.69) is 15.0 Å². The lowest BCUT2D eigenvalue weighted by Gasteiger charge is -2.07. The van der Waals surface area contributed by atoms with Gasteiger partial charge in [0.05, 0.1) is 5.56 Å². The molecule has 1 heterocycles. The van der Waals surface area contributed by atoms with Crippen LogP contribution in [0.25, 0.3) is 11.1 Å². The normalized spacial score (nSPS) is 10.3. The minimum absolute atomic E-state index is 0.0584. The molecule has 0 spiro atoms. The van der Waals surface area contributed by atoms with E-state index in [4.69, 9.17) is 5.73 Å². The lowest BCUT2D eigenvalue weighted by atomic mass is 10.1. The predicted molar refractivity (Wildman–Crippen MR) is 88.4 cm³/mol. The number of nitrogen functional groups attached to an aromatic ring is 1. The van der Waals surface area contributed by atoms with Crippen molar-refractivity contribution in [3.05, 3.63) is 30.3 Å². The summed E-state index contributed by atoms with van der Waals surface area (Å²) in [6.45, 7) is 3.32. The van der Waals surface area contributed by atoms with Gasteiger partial charge in [0, 0.05) is 19.5 Å². The highest BCUT2D eigenvalue weighted by Crippen LogP contribution is 2.36. The molecule has 1 amide bonds. The van der Waals surface area contributed by atoms with Crippen molar-refractivity contribution < 1.29 is 4.79 Å². The Balaban J connectivity index is 1.97. The molecule has 2 aromatic rings. The predicted octanol–water partition coefficient (Wildman–Crippen LogP) is 2.72. The van der Waals surface area contributed by atoms with Crippen molar-refractivity contribution in [2.45, 2.75) is 19.8 Å². The van der Waals surface area contributed by atoms with E-state index in [9.17, 15) is 4.79 Å². The highest BCUT2D eigenvalue weighted by molar-refractivity contribution is 7.11. The largest absolute Gasteiger partial charge is 0.382 e. The summed E-state index contributed by atoms with van der Waals surface area (Å²) < 4.78 is 4.20. The van der Waals surface area contributed by atoms with Gasteiger partial charge in [-0.1, -0.05) is 37.3 Å². The third-order valence-electron chi connectivity index (χ3n) is 2.99. The first-order valence-electron chi connectivity index (χ1n) is 7.03. The van der Waals surface area contributed by atoms with E-state index in [1.54, 1.807) is 0 Å². The molecule has 112 valence electrons. The number of hydrogen-bond acceptors (Lipinski definition) is 5. The first-order valence-corrected chi connectivity index (χ1v) is 7.80. The van der Waals surface area contributed by atoms with Crippen LogP contribution < -0.4 is 16.4 Å². The Morgan fingerprint density at radius 1 is 1.29 bits per heavy atom. The van der Waals surface area contributed by atoms with Gasteiger partial charge in [-0.05, 0) is 23.5 Å². The number of amides is 1. The molecule has 6 heteroatoms. The van der Waals surface area contributed by atoms with E-state index in [0.29, 0.717) is 18.8 Å². The van der Waals surface area contributed by atoms with Gasteiger partial charge in [-0.3, -0.25) is 4.79 Å². The number of nitrogens with zero attached hydrogens (tertiary/aromatic N) is 1. The van der Waals surface area contributed by atoms with E-state index in [1.807, 2.05) is 37.3 Å². The number of nitrogens with two attached hydrogens (primary N) is 1. The Morgan fingerprint density at radius 3 is 2.76 bits per heavy atom. The maximum absolute atomic E-state index is 11.6. The molecular weight excluding hydrogens is 284 g/mol. The first kappa shape index (κ1) is 15.3. The number of aromatic nitrogens is 1. The summed E-state index contributed by atoms with van der Waals surface area (Å²) in [6.07, 6.45) is 1.38. The van der Waals surface area contributed by atoms with Crippen LogP contribution >= 0.6 is 11.5 Å². The fourth-order valence-electron chi connectivity index (χ4n) is 1.95. The Kier molecular flexibility index (Phi) is 5.57. The highest BCUT2D eigenvalue weighted by Gasteiger charge is 2.13. The summed E-state index contributed by atoms with van der Waals surface area (Å²) in [7, 11) is 0. The van der Waals surface area contributed by atoms with Crippen LogP contribution in [0.5, 0.6) is 0 Å². The van der Waals surface area contributed by atoms with Gasteiger partial charge >= 0.3 is 0 Å². The number of hydrogen-bond donors (Lipinski definition) is 3. The van der Waals surface area contributed by atoms with Gasteiger partial charge in [-0.25, -0.2) is 0 Å². The third kappa shape index (κ3) is 4.19. The zero-order chi connectivity index (χ0) is 15.1. The maximum atomic E-state index is 11.6. The zero-order valence-electron chi connectivity index (χ0n) is 12.1. The summed E-state index contributed by atoms with van der Waals surface area (Å²) >= 11 is 1.32. The molecule has 2 rings (SSSR count). The van der Waals surface area contributed by atoms with Crippen molar-refractivity contribution in [3.8, 4) is 11.1 Å². The molecule has 0 aliphatic carbocycles. The number of anilines is 2. The van der Waals surface area contributed by atoms with Crippen molar-refractivity contribution in [2.75, 3.05) is 24.1 Å². The van der Waals surface area contributed by atoms with E-state index < -0.39 is 0 Å². The van der Waals surface area contributed by atoms with E-state index >= 15 is 0 Å². The highest BCUT2D eigenvalue weighted by atomic mass is 32.1. The lowest BCUT2D eigenvalue weighted by molar-refractivity contribution is -0.120. The summed E-state index contributed by atoms with van der Waals surface area (Å²) in [4.78, 5) is 11.6. The van der Waals surface area contributed by atoms with Crippen molar-refractivity contribution in [1.82, 2.24) is 9.69 Å². The Bertz CT molecular complexity index is 583. The summed E-state index contributed by atoms with van der Waals surface area (Å²) in [5.74, 6) is 0.576. The number of carbonyl (C=O) groups is 1. The van der Waals surface area contributed by atoms with Gasteiger partial charge in [-0.15, -0.1) is 0 Å². The van der Waals surface area contributed by atoms with Gasteiger partial charge in [-0.2, -0.15) is 4.37 Å². The Labute approximate surface area is 128 Å². The minimum atomic E-state index is 0.0584. The van der Waals surface area contributed by atoms with E-state index in [1.165, 1.54) is 11.5 Å². The molecule has 1 aromatic heterocycles. The molecule has 5 nitrogen and oxygen atoms in total. The van der Waals surface area contributed by atoms with Crippen LogP contribution in [0.15, 0.2) is 30.3 Å². The van der Waals surface area contributed by atoms with Gasteiger partial charge in [0.15, 0.2) is 0 Å². The molecule has 0 unspecified atom stereocenters. The van der Waals surface area contributed by atoms with Crippen LogP contribution in [0.1, 0.15) is 19.8 Å². The third-order valence-corrected chi connectivity index (χ3v) is 3.81. The maximum Gasteiger partial charge on any atom is 0.221 e. The van der Waals surface area contributed by atoms with Crippen LogP contribution in [-0.4, -0.2) is 23.4 Å². The molecule has 0 aliphatic rings. The standard InChI is InChI=1S/C15H20N4OS/c1-2-9-17-12(20)8-10-18-15-13(14(16)19-21-15)11-6-4-3-5-7-11/h3-7,18H,2,8-10H2,1H3,(H2,16,19)(H,17,20). The Hall–Kier alpha value is -2.08. The second-order valence-corrected chi connectivity index (χ2v) is 5.44. The molecule has 0 fully saturated rings. The van der Waals surface area contributed by atoms with Gasteiger partial charge in [0.2, 0.25) is 5.91 Å². The second kappa shape index (κ2) is 7.64. The average Bonchev–Trinajstić information content (AvgIpc) is 2.87. The fourth-order valence-corrected chi connectivity index (χ4v) is 2.71. The first-order chi connectivity index (χ1) is 10.2. The molecule has 0 bridgehead atoms. The fraction of sp³-hybridized carbons (Fsp3) is 0.333. The average molecular weight is 304 g/mol. The molecule has 0 atom stereocenters. The summed E-state index contributed by atoms with van der Waals surface area (Å²) in [5.41, 5.74) is 7.89. The molecule has 4 N–H and O–H groups in total. The smallest absolute Gasteiger partial charge is 0.221 e. The van der Waals surface area contributed by atoms with Crippen molar-refractivity contribution in [2.24, 2.45) is 0 Å². The summed E-state index contributed by atoms with van der Waals surface area (Å²) in [5, 5.41) is 7.01. The topological polar surface area (TPSA) is 80.0 Å². The molecule has 0 aliphatic heterocycles. The number of benzene rings is 1. The molecular formula is C15H20N4OS. The van der Waals surface area contributed by atoms with Crippen LogP contribution in [0.3, 0.4) is 0 Å². The van der Waals surface area contributed by atoms with Crippen LogP contribution in [0.2, 0.25) is 0 Å². The van der Waals surface area contributed by atoms with Gasteiger partial charge < -0.3 is 16.4 Å². The second-order valence-electron chi connectivity index (χ2n) is 4.66. The summed E-state index contributed by atoms with van der Waals surface area (Å²) in [6, 6.07) is 9.89. The van der Waals surface area contributed by atoms with Crippen LogP contribution in [-0.2, 0) is 4.79 Å². The Morgan fingerprint density at radius 2 is 2.05 bits per heavy atom. The molecule has 0 radical (unpaired) electrons. The minimum Gasteiger partial charge on any atom is -0.382 e.